The molecule has 4 aliphatic heterocycles. The fraction of sp³-hybridized carbons (Fsp3) is 0.630. The van der Waals surface area contributed by atoms with E-state index in [0.717, 1.165) is 81.3 Å². The van der Waals surface area contributed by atoms with Gasteiger partial charge in [-0.2, -0.15) is 15.0 Å². The quantitative estimate of drug-likeness (QED) is 0.0798. The Hall–Kier alpha value is -4.03. The molecule has 4 aromatic rings. The van der Waals surface area contributed by atoms with E-state index in [1.165, 1.54) is 6.07 Å². The van der Waals surface area contributed by atoms with Gasteiger partial charge in [-0.05, 0) is 85.6 Å². The summed E-state index contributed by atoms with van der Waals surface area (Å²) in [5.41, 5.74) is 6.12. The van der Waals surface area contributed by atoms with Gasteiger partial charge in [0.15, 0.2) is 18.3 Å². The van der Waals surface area contributed by atoms with Gasteiger partial charge in [0.2, 0.25) is 0 Å². The lowest BCUT2D eigenvalue weighted by atomic mass is 9.93. The van der Waals surface area contributed by atoms with Gasteiger partial charge in [0.25, 0.3) is 0 Å². The first-order valence-electron chi connectivity index (χ1n) is 22.3. The summed E-state index contributed by atoms with van der Waals surface area (Å²) in [5.74, 6) is 4.71. The molecule has 5 aliphatic rings. The molecular formula is C46H61F2N7O4Si. The van der Waals surface area contributed by atoms with Crippen molar-refractivity contribution in [3.05, 3.63) is 35.6 Å². The molecule has 1 saturated carbocycles. The van der Waals surface area contributed by atoms with Gasteiger partial charge in [-0.3, -0.25) is 9.47 Å². The van der Waals surface area contributed by atoms with Gasteiger partial charge in [0.05, 0.1) is 11.1 Å². The van der Waals surface area contributed by atoms with Crippen LogP contribution in [-0.4, -0.2) is 103 Å². The highest BCUT2D eigenvalue weighted by Gasteiger charge is 2.49. The zero-order valence-corrected chi connectivity index (χ0v) is 37.3. The highest BCUT2D eigenvalue weighted by molar-refractivity contribution is 6.90. The van der Waals surface area contributed by atoms with Crippen LogP contribution in [0.25, 0.3) is 21.9 Å². The fourth-order valence-electron chi connectivity index (χ4n) is 11.4. The highest BCUT2D eigenvalue weighted by Crippen LogP contribution is 2.46. The van der Waals surface area contributed by atoms with Crippen LogP contribution in [0.2, 0.25) is 16.6 Å². The van der Waals surface area contributed by atoms with Crippen LogP contribution in [0, 0.1) is 17.3 Å². The Labute approximate surface area is 353 Å². The number of aromatic nitrogens is 4. The second-order valence-electron chi connectivity index (χ2n) is 19.0. The van der Waals surface area contributed by atoms with Crippen LogP contribution in [0.4, 0.5) is 14.6 Å². The molecule has 4 saturated heterocycles. The Morgan fingerprint density at radius 3 is 2.37 bits per heavy atom. The van der Waals surface area contributed by atoms with Gasteiger partial charge in [0, 0.05) is 62.7 Å². The fourth-order valence-corrected chi connectivity index (χ4v) is 16.6. The molecular weight excluding hydrogens is 781 g/mol. The van der Waals surface area contributed by atoms with Crippen molar-refractivity contribution in [2.45, 2.75) is 139 Å². The number of nitrogens with one attached hydrogen (secondary N) is 1. The van der Waals surface area contributed by atoms with E-state index < -0.39 is 20.1 Å². The summed E-state index contributed by atoms with van der Waals surface area (Å²) in [4.78, 5) is 19.9. The molecule has 0 radical (unpaired) electrons. The van der Waals surface area contributed by atoms with E-state index in [0.29, 0.717) is 82.4 Å². The predicted octanol–water partition coefficient (Wildman–Crippen LogP) is 9.08. The van der Waals surface area contributed by atoms with Gasteiger partial charge >= 0.3 is 12.0 Å². The summed E-state index contributed by atoms with van der Waals surface area (Å²) in [6.07, 6.45) is 6.72. The number of benzene rings is 2. The van der Waals surface area contributed by atoms with Crippen LogP contribution in [0.15, 0.2) is 24.3 Å². The van der Waals surface area contributed by atoms with E-state index in [1.807, 2.05) is 6.07 Å². The lowest BCUT2D eigenvalue weighted by molar-refractivity contribution is 0.0511. The number of ether oxygens (including phenoxy) is 4. The van der Waals surface area contributed by atoms with E-state index in [-0.39, 0.29) is 24.4 Å². The van der Waals surface area contributed by atoms with E-state index in [9.17, 15) is 4.39 Å². The maximum Gasteiger partial charge on any atom is 0.320 e. The maximum atomic E-state index is 16.3. The molecule has 2 aromatic carbocycles. The summed E-state index contributed by atoms with van der Waals surface area (Å²) < 4.78 is 58.1. The van der Waals surface area contributed by atoms with Gasteiger partial charge in [0.1, 0.15) is 43.7 Å². The Morgan fingerprint density at radius 1 is 0.933 bits per heavy atom. The molecule has 6 heterocycles. The number of hydrogen-bond acceptors (Lipinski definition) is 10. The summed E-state index contributed by atoms with van der Waals surface area (Å²) >= 11 is 0. The van der Waals surface area contributed by atoms with Crippen molar-refractivity contribution < 1.29 is 27.7 Å². The number of hydrogen-bond donors (Lipinski definition) is 1. The predicted molar refractivity (Wildman–Crippen MR) is 233 cm³/mol. The third-order valence-electron chi connectivity index (χ3n) is 14.5. The summed E-state index contributed by atoms with van der Waals surface area (Å²) in [7, 11) is -0.653. The molecule has 14 heteroatoms. The van der Waals surface area contributed by atoms with Crippen molar-refractivity contribution in [2.75, 3.05) is 51.6 Å². The van der Waals surface area contributed by atoms with Crippen LogP contribution >= 0.6 is 0 Å². The molecule has 2 aromatic heterocycles. The third kappa shape index (κ3) is 7.30. The Balaban J connectivity index is 1.19. The number of anilines is 1. The SMILES string of the molecule is COCOc1cc(Oc2nc3nc(OC[C@@]45CCCN4C[C@H](F)C5)nc(N4CC5CCC(C4)N5)c3n2C2CCC2)c2c(C#C[Si](C(C)C)(C(C)C)C(C)C)c(F)ccc2c1. The molecule has 2 unspecified atom stereocenters. The zero-order chi connectivity index (χ0) is 41.9. The van der Waals surface area contributed by atoms with Gasteiger partial charge in [-0.1, -0.05) is 53.5 Å². The van der Waals surface area contributed by atoms with Crippen molar-refractivity contribution in [1.82, 2.24) is 29.7 Å². The summed E-state index contributed by atoms with van der Waals surface area (Å²) in [6, 6.07) is 8.32. The van der Waals surface area contributed by atoms with Crippen LogP contribution in [0.3, 0.4) is 0 Å². The highest BCUT2D eigenvalue weighted by atomic mass is 28.3. The number of rotatable bonds is 13. The lowest BCUT2D eigenvalue weighted by Gasteiger charge is -2.38. The molecule has 9 rings (SSSR count). The standard InChI is InChI=1S/C46H61F2N7O4Si/c1-28(2)60(29(3)4,30(5)6)19-16-37-38(48)15-12-31-20-36(58-27-56-7)21-39(40(31)37)59-45-51-42-41(55(45)35-10-8-11-35)43(53-24-33-13-14-34(25-53)49-33)52-44(50-42)57-26-46-17-9-18-54(46)23-32(47)22-46/h12,15,20-21,28-30,32-35,49H,8-11,13-14,17-18,22-27H2,1-7H3/t32-,33?,34?,46+/m1/s1. The zero-order valence-electron chi connectivity index (χ0n) is 36.3. The molecule has 60 heavy (non-hydrogen) atoms. The average molecular weight is 842 g/mol. The Morgan fingerprint density at radius 2 is 1.68 bits per heavy atom. The summed E-state index contributed by atoms with van der Waals surface area (Å²) in [6.45, 7) is 16.8. The molecule has 11 nitrogen and oxygen atoms in total. The number of methoxy groups -OCH3 is 1. The number of nitrogens with zero attached hydrogens (tertiary/aromatic N) is 6. The molecule has 1 aliphatic carbocycles. The van der Waals surface area contributed by atoms with E-state index >= 15 is 4.39 Å². The summed E-state index contributed by atoms with van der Waals surface area (Å²) in [5, 5.41) is 5.06. The average Bonchev–Trinajstić information content (AvgIpc) is 3.92. The van der Waals surface area contributed by atoms with Crippen molar-refractivity contribution in [3.8, 4) is 35.0 Å². The largest absolute Gasteiger partial charge is 0.467 e. The van der Waals surface area contributed by atoms with Crippen molar-refractivity contribution >= 4 is 35.8 Å². The molecule has 0 amide bonds. The van der Waals surface area contributed by atoms with Crippen molar-refractivity contribution in [1.29, 1.82) is 0 Å². The van der Waals surface area contributed by atoms with Crippen LogP contribution in [-0.2, 0) is 4.74 Å². The minimum Gasteiger partial charge on any atom is -0.467 e. The first-order valence-corrected chi connectivity index (χ1v) is 24.5. The monoisotopic (exact) mass is 841 g/mol. The second kappa shape index (κ2) is 16.3. The lowest BCUT2D eigenvalue weighted by Crippen LogP contribution is -2.51. The van der Waals surface area contributed by atoms with Gasteiger partial charge in [-0.25, -0.2) is 8.78 Å². The minimum atomic E-state index is -2.23. The van der Waals surface area contributed by atoms with Crippen LogP contribution in [0.5, 0.6) is 23.5 Å². The van der Waals surface area contributed by atoms with Crippen LogP contribution < -0.4 is 24.4 Å². The number of piperazine rings is 1. The minimum absolute atomic E-state index is 0.0319. The third-order valence-corrected chi connectivity index (χ3v) is 20.8. The number of fused-ring (bicyclic) bond motifs is 5. The smallest absolute Gasteiger partial charge is 0.320 e. The topological polar surface area (TPSA) is 99.0 Å². The molecule has 4 atom stereocenters. The number of alkyl halides is 1. The maximum absolute atomic E-state index is 16.3. The first kappa shape index (κ1) is 41.3. The molecule has 0 spiro atoms. The Bertz CT molecular complexity index is 2270. The molecule has 2 bridgehead atoms. The first-order chi connectivity index (χ1) is 28.9. The van der Waals surface area contributed by atoms with Crippen molar-refractivity contribution in [2.24, 2.45) is 0 Å². The number of imidazole rings is 1. The van der Waals surface area contributed by atoms with Crippen molar-refractivity contribution in [3.63, 3.8) is 0 Å². The normalized spacial score (nSPS) is 24.5. The van der Waals surface area contributed by atoms with Crippen LogP contribution in [0.1, 0.15) is 105 Å². The van der Waals surface area contributed by atoms with E-state index in [4.69, 9.17) is 33.9 Å². The molecule has 1 N–H and O–H groups in total. The Kier molecular flexibility index (Phi) is 11.3. The molecule has 322 valence electrons. The van der Waals surface area contributed by atoms with E-state index in [1.54, 1.807) is 19.2 Å². The van der Waals surface area contributed by atoms with Gasteiger partial charge in [-0.15, -0.1) is 5.54 Å². The number of halogens is 2. The second-order valence-corrected chi connectivity index (χ2v) is 24.6. The molecule has 5 fully saturated rings. The van der Waals surface area contributed by atoms with E-state index in [2.05, 4.69) is 72.7 Å². The van der Waals surface area contributed by atoms with Gasteiger partial charge < -0.3 is 29.2 Å².